The Morgan fingerprint density at radius 3 is 2.88 bits per heavy atom. The number of hydrogen-bond donors (Lipinski definition) is 2. The van der Waals surface area contributed by atoms with E-state index in [9.17, 15) is 4.79 Å². The van der Waals surface area contributed by atoms with Crippen molar-refractivity contribution in [3.63, 3.8) is 0 Å². The Balaban J connectivity index is 2.61. The molecule has 0 saturated carbocycles. The van der Waals surface area contributed by atoms with Gasteiger partial charge in [-0.05, 0) is 25.1 Å². The molecule has 4 heteroatoms. The second-order valence-electron chi connectivity index (χ2n) is 3.80. The number of H-pyrrole nitrogens is 1. The van der Waals surface area contributed by atoms with E-state index in [1.165, 1.54) is 6.08 Å². The number of rotatable bonds is 3. The Bertz CT molecular complexity index is 597. The van der Waals surface area contributed by atoms with Crippen LogP contribution in [0.5, 0.6) is 5.75 Å². The van der Waals surface area contributed by atoms with Crippen molar-refractivity contribution >= 4 is 22.9 Å². The molecule has 0 atom stereocenters. The highest BCUT2D eigenvalue weighted by Gasteiger charge is 2.08. The van der Waals surface area contributed by atoms with Crippen LogP contribution in [0.4, 0.5) is 0 Å². The number of aryl methyl sites for hydroxylation is 1. The molecule has 0 unspecified atom stereocenters. The number of aromatic amines is 1. The molecule has 2 aromatic rings. The number of carbonyl (C=O) groups is 1. The van der Waals surface area contributed by atoms with Gasteiger partial charge >= 0.3 is 0 Å². The van der Waals surface area contributed by atoms with Crippen molar-refractivity contribution in [3.8, 4) is 5.75 Å². The Morgan fingerprint density at radius 1 is 1.47 bits per heavy atom. The lowest BCUT2D eigenvalue weighted by molar-refractivity contribution is -0.113. The summed E-state index contributed by atoms with van der Waals surface area (Å²) in [5.41, 5.74) is 8.06. The highest BCUT2D eigenvalue weighted by molar-refractivity contribution is 5.97. The summed E-state index contributed by atoms with van der Waals surface area (Å²) >= 11 is 0. The highest BCUT2D eigenvalue weighted by Crippen LogP contribution is 2.29. The van der Waals surface area contributed by atoms with Crippen molar-refractivity contribution < 1.29 is 9.53 Å². The number of hydrogen-bond acceptors (Lipinski definition) is 2. The van der Waals surface area contributed by atoms with Crippen molar-refractivity contribution in [2.75, 3.05) is 7.11 Å². The second-order valence-corrected chi connectivity index (χ2v) is 3.80. The van der Waals surface area contributed by atoms with Crippen LogP contribution >= 0.6 is 0 Å². The molecule has 0 radical (unpaired) electrons. The SMILES string of the molecule is COc1ccc2[nH]cc(/C=C\C(N)=O)c2c1C. The maximum atomic E-state index is 10.7. The lowest BCUT2D eigenvalue weighted by atomic mass is 10.1. The number of amides is 1. The van der Waals surface area contributed by atoms with Crippen molar-refractivity contribution in [3.05, 3.63) is 35.5 Å². The fraction of sp³-hybridized carbons (Fsp3) is 0.154. The van der Waals surface area contributed by atoms with Gasteiger partial charge < -0.3 is 15.5 Å². The van der Waals surface area contributed by atoms with Gasteiger partial charge in [0.25, 0.3) is 0 Å². The van der Waals surface area contributed by atoms with E-state index < -0.39 is 5.91 Å². The Labute approximate surface area is 99.1 Å². The molecule has 0 fully saturated rings. The molecule has 1 aromatic carbocycles. The third-order valence-electron chi connectivity index (χ3n) is 2.73. The van der Waals surface area contributed by atoms with Crippen LogP contribution in [0.1, 0.15) is 11.1 Å². The van der Waals surface area contributed by atoms with E-state index in [4.69, 9.17) is 10.5 Å². The van der Waals surface area contributed by atoms with Gasteiger partial charge in [-0.3, -0.25) is 4.79 Å². The van der Waals surface area contributed by atoms with Crippen molar-refractivity contribution in [2.24, 2.45) is 5.73 Å². The van der Waals surface area contributed by atoms with Crippen LogP contribution in [0, 0.1) is 6.92 Å². The monoisotopic (exact) mass is 230 g/mol. The van der Waals surface area contributed by atoms with E-state index in [0.29, 0.717) is 0 Å². The molecule has 0 saturated heterocycles. The molecule has 0 aliphatic carbocycles. The summed E-state index contributed by atoms with van der Waals surface area (Å²) in [6.07, 6.45) is 4.89. The van der Waals surface area contributed by atoms with Gasteiger partial charge in [-0.2, -0.15) is 0 Å². The molecular weight excluding hydrogens is 216 g/mol. The summed E-state index contributed by atoms with van der Waals surface area (Å²) in [5.74, 6) is 0.366. The van der Waals surface area contributed by atoms with Gasteiger partial charge in [0, 0.05) is 34.3 Å². The fourth-order valence-electron chi connectivity index (χ4n) is 1.94. The van der Waals surface area contributed by atoms with Gasteiger partial charge in [-0.15, -0.1) is 0 Å². The minimum Gasteiger partial charge on any atom is -0.496 e. The second kappa shape index (κ2) is 4.33. The molecule has 4 nitrogen and oxygen atoms in total. The smallest absolute Gasteiger partial charge is 0.241 e. The third-order valence-corrected chi connectivity index (χ3v) is 2.73. The molecule has 1 aromatic heterocycles. The van der Waals surface area contributed by atoms with Crippen LogP contribution in [-0.4, -0.2) is 18.0 Å². The maximum absolute atomic E-state index is 10.7. The molecule has 88 valence electrons. The molecule has 1 amide bonds. The lowest BCUT2D eigenvalue weighted by Gasteiger charge is -2.05. The number of aromatic nitrogens is 1. The molecule has 3 N–H and O–H groups in total. The van der Waals surface area contributed by atoms with Gasteiger partial charge in [0.15, 0.2) is 0 Å². The topological polar surface area (TPSA) is 68.1 Å². The zero-order valence-corrected chi connectivity index (χ0v) is 9.78. The summed E-state index contributed by atoms with van der Waals surface area (Å²) in [7, 11) is 1.64. The van der Waals surface area contributed by atoms with Crippen molar-refractivity contribution in [1.29, 1.82) is 0 Å². The first-order valence-electron chi connectivity index (χ1n) is 5.25. The first-order valence-corrected chi connectivity index (χ1v) is 5.25. The van der Waals surface area contributed by atoms with Crippen molar-refractivity contribution in [2.45, 2.75) is 6.92 Å². The van der Waals surface area contributed by atoms with Crippen LogP contribution in [0.25, 0.3) is 17.0 Å². The average molecular weight is 230 g/mol. The minimum absolute atomic E-state index is 0.458. The standard InChI is InChI=1S/C13H14N2O2/c1-8-11(17-2)5-4-10-13(8)9(7-15-10)3-6-12(14)16/h3-7,15H,1-2H3,(H2,14,16)/b6-3-. The molecule has 0 spiro atoms. The van der Waals surface area contributed by atoms with E-state index >= 15 is 0 Å². The predicted octanol–water partition coefficient (Wildman–Crippen LogP) is 1.98. The maximum Gasteiger partial charge on any atom is 0.241 e. The summed E-state index contributed by atoms with van der Waals surface area (Å²) in [6, 6.07) is 3.86. The molecule has 1 heterocycles. The molecule has 17 heavy (non-hydrogen) atoms. The number of methoxy groups -OCH3 is 1. The summed E-state index contributed by atoms with van der Waals surface area (Å²) < 4.78 is 5.27. The van der Waals surface area contributed by atoms with Crippen LogP contribution in [0.3, 0.4) is 0 Å². The van der Waals surface area contributed by atoms with Gasteiger partial charge in [-0.1, -0.05) is 0 Å². The molecule has 0 aliphatic heterocycles. The van der Waals surface area contributed by atoms with Crippen LogP contribution in [0.15, 0.2) is 24.4 Å². The van der Waals surface area contributed by atoms with Crippen LogP contribution in [0.2, 0.25) is 0 Å². The molecule has 0 aliphatic rings. The fourth-order valence-corrected chi connectivity index (χ4v) is 1.94. The third kappa shape index (κ3) is 2.01. The van der Waals surface area contributed by atoms with Gasteiger partial charge in [-0.25, -0.2) is 0 Å². The molecule has 2 rings (SSSR count). The number of nitrogens with one attached hydrogen (secondary N) is 1. The van der Waals surface area contributed by atoms with Gasteiger partial charge in [0.2, 0.25) is 5.91 Å². The van der Waals surface area contributed by atoms with Crippen molar-refractivity contribution in [1.82, 2.24) is 4.98 Å². The number of fused-ring (bicyclic) bond motifs is 1. The van der Waals surface area contributed by atoms with E-state index in [0.717, 1.165) is 27.8 Å². The number of carbonyl (C=O) groups excluding carboxylic acids is 1. The normalized spacial score (nSPS) is 11.2. The number of primary amides is 1. The van der Waals surface area contributed by atoms with E-state index in [1.807, 2.05) is 25.3 Å². The van der Waals surface area contributed by atoms with Gasteiger partial charge in [0.05, 0.1) is 7.11 Å². The predicted molar refractivity (Wildman–Crippen MR) is 67.8 cm³/mol. The Morgan fingerprint density at radius 2 is 2.24 bits per heavy atom. The average Bonchev–Trinajstić information content (AvgIpc) is 2.71. The highest BCUT2D eigenvalue weighted by atomic mass is 16.5. The van der Waals surface area contributed by atoms with Crippen LogP contribution < -0.4 is 10.5 Å². The van der Waals surface area contributed by atoms with E-state index in [2.05, 4.69) is 4.98 Å². The summed E-state index contributed by atoms with van der Waals surface area (Å²) in [6.45, 7) is 1.98. The quantitative estimate of drug-likeness (QED) is 0.792. The number of benzene rings is 1. The Hall–Kier alpha value is -2.23. The number of ether oxygens (including phenoxy) is 1. The largest absolute Gasteiger partial charge is 0.496 e. The number of nitrogens with two attached hydrogens (primary N) is 1. The van der Waals surface area contributed by atoms with Gasteiger partial charge in [0.1, 0.15) is 5.75 Å². The summed E-state index contributed by atoms with van der Waals surface area (Å²) in [5, 5.41) is 1.04. The lowest BCUT2D eigenvalue weighted by Crippen LogP contribution is -2.05. The van der Waals surface area contributed by atoms with Crippen LogP contribution in [-0.2, 0) is 4.79 Å². The zero-order chi connectivity index (χ0) is 12.4. The molecular formula is C13H14N2O2. The minimum atomic E-state index is -0.458. The first kappa shape index (κ1) is 11.3. The summed E-state index contributed by atoms with van der Waals surface area (Å²) in [4.78, 5) is 13.9. The van der Waals surface area contributed by atoms with E-state index in [-0.39, 0.29) is 0 Å². The zero-order valence-electron chi connectivity index (χ0n) is 9.78. The Kier molecular flexibility index (Phi) is 2.87. The first-order chi connectivity index (χ1) is 8.13. The van der Waals surface area contributed by atoms with E-state index in [1.54, 1.807) is 13.2 Å². The molecule has 0 bridgehead atoms.